The van der Waals surface area contributed by atoms with Crippen LogP contribution in [-0.2, 0) is 0 Å². The van der Waals surface area contributed by atoms with Gasteiger partial charge in [0.15, 0.2) is 6.26 Å². The summed E-state index contributed by atoms with van der Waals surface area (Å²) in [5, 5.41) is 0. The van der Waals surface area contributed by atoms with Gasteiger partial charge < -0.3 is 4.42 Å². The molecule has 1 heterocycles. The number of hydrogen-bond acceptors (Lipinski definition) is 1. The van der Waals surface area contributed by atoms with E-state index in [0.717, 1.165) is 0 Å². The SMILES string of the molecule is Fc1cccc(F)c1-c1c[c]oc1. The van der Waals surface area contributed by atoms with Crippen LogP contribution in [0.3, 0.4) is 0 Å². The Morgan fingerprint density at radius 2 is 1.85 bits per heavy atom. The predicted molar refractivity (Wildman–Crippen MR) is 42.9 cm³/mol. The van der Waals surface area contributed by atoms with E-state index in [1.54, 1.807) is 0 Å². The third-order valence-corrected chi connectivity index (χ3v) is 1.72. The lowest BCUT2D eigenvalue weighted by Crippen LogP contribution is -1.86. The number of halogens is 2. The summed E-state index contributed by atoms with van der Waals surface area (Å²) < 4.78 is 30.9. The van der Waals surface area contributed by atoms with E-state index >= 15 is 0 Å². The molecule has 1 aromatic carbocycles. The molecule has 13 heavy (non-hydrogen) atoms. The van der Waals surface area contributed by atoms with Crippen molar-refractivity contribution in [1.29, 1.82) is 0 Å². The first-order valence-corrected chi connectivity index (χ1v) is 3.68. The molecule has 0 amide bonds. The van der Waals surface area contributed by atoms with E-state index in [-0.39, 0.29) is 5.56 Å². The highest BCUT2D eigenvalue weighted by Gasteiger charge is 2.11. The van der Waals surface area contributed by atoms with Crippen LogP contribution in [0.5, 0.6) is 0 Å². The Morgan fingerprint density at radius 3 is 2.38 bits per heavy atom. The average Bonchev–Trinajstić information content (AvgIpc) is 2.57. The molecule has 65 valence electrons. The second kappa shape index (κ2) is 3.01. The maximum absolute atomic E-state index is 13.1. The van der Waals surface area contributed by atoms with Gasteiger partial charge in [0.25, 0.3) is 0 Å². The van der Waals surface area contributed by atoms with Crippen LogP contribution < -0.4 is 0 Å². The van der Waals surface area contributed by atoms with Crippen LogP contribution in [0.1, 0.15) is 0 Å². The fourth-order valence-electron chi connectivity index (χ4n) is 1.13. The van der Waals surface area contributed by atoms with E-state index in [1.807, 2.05) is 0 Å². The molecule has 0 atom stereocenters. The maximum Gasteiger partial charge on any atom is 0.169 e. The molecule has 0 aliphatic heterocycles. The van der Waals surface area contributed by atoms with Gasteiger partial charge in [-0.1, -0.05) is 6.07 Å². The van der Waals surface area contributed by atoms with Crippen LogP contribution in [0.2, 0.25) is 0 Å². The van der Waals surface area contributed by atoms with Crippen molar-refractivity contribution < 1.29 is 13.2 Å². The van der Waals surface area contributed by atoms with E-state index in [9.17, 15) is 8.78 Å². The second-order valence-corrected chi connectivity index (χ2v) is 2.55. The molecule has 0 bridgehead atoms. The molecule has 2 rings (SSSR count). The summed E-state index contributed by atoms with van der Waals surface area (Å²) in [6, 6.07) is 5.11. The molecule has 0 aliphatic carbocycles. The van der Waals surface area contributed by atoms with Gasteiger partial charge in [-0.2, -0.15) is 0 Å². The van der Waals surface area contributed by atoms with Crippen LogP contribution >= 0.6 is 0 Å². The average molecular weight is 179 g/mol. The monoisotopic (exact) mass is 179 g/mol. The van der Waals surface area contributed by atoms with E-state index in [0.29, 0.717) is 5.56 Å². The molecule has 1 nitrogen and oxygen atoms in total. The van der Waals surface area contributed by atoms with Gasteiger partial charge in [-0.05, 0) is 18.2 Å². The lowest BCUT2D eigenvalue weighted by molar-refractivity contribution is 0.556. The molecule has 1 radical (unpaired) electrons. The van der Waals surface area contributed by atoms with E-state index < -0.39 is 11.6 Å². The van der Waals surface area contributed by atoms with Crippen LogP contribution in [0.4, 0.5) is 8.78 Å². The summed E-state index contributed by atoms with van der Waals surface area (Å²) in [6.07, 6.45) is 3.63. The summed E-state index contributed by atoms with van der Waals surface area (Å²) >= 11 is 0. The molecule has 2 aromatic rings. The smallest absolute Gasteiger partial charge is 0.169 e. The largest absolute Gasteiger partial charge is 0.460 e. The van der Waals surface area contributed by atoms with Crippen molar-refractivity contribution in [3.05, 3.63) is 48.4 Å². The van der Waals surface area contributed by atoms with Crippen LogP contribution in [-0.4, -0.2) is 0 Å². The molecule has 0 fully saturated rings. The van der Waals surface area contributed by atoms with Crippen molar-refractivity contribution in [3.63, 3.8) is 0 Å². The summed E-state index contributed by atoms with van der Waals surface area (Å²) in [4.78, 5) is 0. The van der Waals surface area contributed by atoms with Gasteiger partial charge in [0.1, 0.15) is 11.6 Å². The zero-order valence-corrected chi connectivity index (χ0v) is 6.55. The van der Waals surface area contributed by atoms with E-state index in [4.69, 9.17) is 0 Å². The van der Waals surface area contributed by atoms with Crippen LogP contribution in [0, 0.1) is 17.9 Å². The van der Waals surface area contributed by atoms with Crippen molar-refractivity contribution in [2.24, 2.45) is 0 Å². The summed E-state index contributed by atoms with van der Waals surface area (Å²) in [5.41, 5.74) is 0.281. The minimum absolute atomic E-state index is 0.0764. The highest BCUT2D eigenvalue weighted by Crippen LogP contribution is 2.25. The fraction of sp³-hybridized carbons (Fsp3) is 0. The molecule has 0 unspecified atom stereocenters. The molecule has 3 heteroatoms. The number of furan rings is 1. The lowest BCUT2D eigenvalue weighted by atomic mass is 10.1. The van der Waals surface area contributed by atoms with Gasteiger partial charge in [0, 0.05) is 5.56 Å². The normalized spacial score (nSPS) is 10.3. The van der Waals surface area contributed by atoms with Gasteiger partial charge in [-0.15, -0.1) is 0 Å². The molecule has 0 aliphatic rings. The van der Waals surface area contributed by atoms with Crippen molar-refractivity contribution in [1.82, 2.24) is 0 Å². The van der Waals surface area contributed by atoms with Crippen molar-refractivity contribution >= 4 is 0 Å². The minimum atomic E-state index is -0.602. The van der Waals surface area contributed by atoms with Crippen molar-refractivity contribution in [2.45, 2.75) is 0 Å². The standard InChI is InChI=1S/C10H5F2O/c11-8-2-1-3-9(12)10(8)7-4-5-13-6-7/h1-4,6H. The molecule has 0 spiro atoms. The predicted octanol–water partition coefficient (Wildman–Crippen LogP) is 3.02. The van der Waals surface area contributed by atoms with Gasteiger partial charge >= 0.3 is 0 Å². The minimum Gasteiger partial charge on any atom is -0.460 e. The highest BCUT2D eigenvalue weighted by molar-refractivity contribution is 5.63. The highest BCUT2D eigenvalue weighted by atomic mass is 19.1. The van der Waals surface area contributed by atoms with E-state index in [2.05, 4.69) is 10.7 Å². The zero-order valence-electron chi connectivity index (χ0n) is 6.55. The first-order chi connectivity index (χ1) is 6.29. The third kappa shape index (κ3) is 1.33. The Balaban J connectivity index is 2.64. The Bertz CT molecular complexity index is 387. The third-order valence-electron chi connectivity index (χ3n) is 1.72. The van der Waals surface area contributed by atoms with Gasteiger partial charge in [0.05, 0.1) is 11.8 Å². The lowest BCUT2D eigenvalue weighted by Gasteiger charge is -1.99. The zero-order chi connectivity index (χ0) is 9.26. The molecule has 0 N–H and O–H groups in total. The van der Waals surface area contributed by atoms with Gasteiger partial charge in [-0.3, -0.25) is 0 Å². The molecular formula is C10H5F2O. The molecule has 0 saturated heterocycles. The second-order valence-electron chi connectivity index (χ2n) is 2.55. The summed E-state index contributed by atoms with van der Waals surface area (Å²) in [5.74, 6) is -1.20. The van der Waals surface area contributed by atoms with Crippen molar-refractivity contribution in [3.8, 4) is 11.1 Å². The number of rotatable bonds is 1. The topological polar surface area (TPSA) is 13.1 Å². The summed E-state index contributed by atoms with van der Waals surface area (Å²) in [6.45, 7) is 0. The van der Waals surface area contributed by atoms with E-state index in [1.165, 1.54) is 30.5 Å². The maximum atomic E-state index is 13.1. The quantitative estimate of drug-likeness (QED) is 0.655. The Labute approximate surface area is 73.6 Å². The molecular weight excluding hydrogens is 174 g/mol. The molecule has 0 saturated carbocycles. The fourth-order valence-corrected chi connectivity index (χ4v) is 1.13. The Morgan fingerprint density at radius 1 is 1.15 bits per heavy atom. The number of benzene rings is 1. The van der Waals surface area contributed by atoms with Gasteiger partial charge in [0.2, 0.25) is 0 Å². The Kier molecular flexibility index (Phi) is 1.85. The molecule has 1 aromatic heterocycles. The number of hydrogen-bond donors (Lipinski definition) is 0. The first-order valence-electron chi connectivity index (χ1n) is 3.68. The van der Waals surface area contributed by atoms with Gasteiger partial charge in [-0.25, -0.2) is 8.78 Å². The summed E-state index contributed by atoms with van der Waals surface area (Å²) in [7, 11) is 0. The van der Waals surface area contributed by atoms with Crippen LogP contribution in [0.15, 0.2) is 34.9 Å². The Hall–Kier alpha value is -1.64. The first kappa shape index (κ1) is 7.98. The van der Waals surface area contributed by atoms with Crippen molar-refractivity contribution in [2.75, 3.05) is 0 Å². The van der Waals surface area contributed by atoms with Crippen LogP contribution in [0.25, 0.3) is 11.1 Å².